The number of rotatable bonds is 5. The minimum Gasteiger partial charge on any atom is -0.465 e. The Morgan fingerprint density at radius 1 is 1.07 bits per heavy atom. The second-order valence-corrected chi connectivity index (χ2v) is 8.03. The molecule has 0 radical (unpaired) electrons. The summed E-state index contributed by atoms with van der Waals surface area (Å²) in [6, 6.07) is 1.69. The molecule has 11 heteroatoms. The van der Waals surface area contributed by atoms with Gasteiger partial charge in [0.05, 0.1) is 30.3 Å². The number of methoxy groups -OCH3 is 2. The van der Waals surface area contributed by atoms with E-state index in [0.29, 0.717) is 26.0 Å². The molecule has 0 bridgehead atoms. The molecule has 0 aliphatic heterocycles. The predicted molar refractivity (Wildman–Crippen MR) is 114 cm³/mol. The molecule has 2 N–H and O–H groups in total. The third-order valence-corrected chi connectivity index (χ3v) is 5.94. The Kier molecular flexibility index (Phi) is 7.11. The van der Waals surface area contributed by atoms with Crippen molar-refractivity contribution in [2.75, 3.05) is 38.9 Å². The summed E-state index contributed by atoms with van der Waals surface area (Å²) < 4.78 is 9.58. The minimum absolute atomic E-state index is 0.152. The largest absolute Gasteiger partial charge is 0.465 e. The Bertz CT molecular complexity index is 933. The first-order chi connectivity index (χ1) is 13.2. The molecule has 0 aliphatic rings. The van der Waals surface area contributed by atoms with Gasteiger partial charge in [-0.15, -0.1) is 22.7 Å². The van der Waals surface area contributed by atoms with Gasteiger partial charge in [-0.3, -0.25) is 4.79 Å². The number of carbonyl (C=O) groups excluding carboxylic acids is 3. The first-order valence-electron chi connectivity index (χ1n) is 7.88. The van der Waals surface area contributed by atoms with Gasteiger partial charge in [0, 0.05) is 14.1 Å². The van der Waals surface area contributed by atoms with Gasteiger partial charge in [0.1, 0.15) is 9.88 Å². The number of thiophene rings is 2. The number of carbonyl (C=O) groups is 3. The molecular formula is C17H19N3O5S3. The lowest BCUT2D eigenvalue weighted by Gasteiger charge is -2.10. The molecule has 2 aromatic rings. The van der Waals surface area contributed by atoms with Crippen LogP contribution in [0.25, 0.3) is 0 Å². The fourth-order valence-electron chi connectivity index (χ4n) is 2.27. The molecule has 28 heavy (non-hydrogen) atoms. The SMILES string of the molecule is COC(=O)c1sccc1NC(=S)Nc1sc(C(=O)N(C)C)c(C)c1C(=O)OC. The molecule has 2 aromatic heterocycles. The van der Waals surface area contributed by atoms with Crippen molar-refractivity contribution >= 4 is 68.5 Å². The Morgan fingerprint density at radius 3 is 2.29 bits per heavy atom. The van der Waals surface area contributed by atoms with Crippen LogP contribution in [0.15, 0.2) is 11.4 Å². The minimum atomic E-state index is -0.581. The Balaban J connectivity index is 2.32. The van der Waals surface area contributed by atoms with E-state index in [1.54, 1.807) is 32.5 Å². The Hall–Kier alpha value is -2.50. The lowest BCUT2D eigenvalue weighted by molar-refractivity contribution is 0.0595. The lowest BCUT2D eigenvalue weighted by Crippen LogP contribution is -2.21. The van der Waals surface area contributed by atoms with Crippen molar-refractivity contribution in [2.24, 2.45) is 0 Å². The molecule has 150 valence electrons. The van der Waals surface area contributed by atoms with E-state index in [0.717, 1.165) is 11.3 Å². The van der Waals surface area contributed by atoms with Crippen LogP contribution in [0.1, 0.15) is 35.3 Å². The van der Waals surface area contributed by atoms with Crippen LogP contribution >= 0.6 is 34.9 Å². The van der Waals surface area contributed by atoms with E-state index in [4.69, 9.17) is 21.7 Å². The third kappa shape index (κ3) is 4.49. The number of ether oxygens (including phenoxy) is 2. The Labute approximate surface area is 175 Å². The van der Waals surface area contributed by atoms with Crippen molar-refractivity contribution in [3.8, 4) is 0 Å². The molecule has 2 rings (SSSR count). The predicted octanol–water partition coefficient (Wildman–Crippen LogP) is 3.20. The van der Waals surface area contributed by atoms with Crippen molar-refractivity contribution in [2.45, 2.75) is 6.92 Å². The summed E-state index contributed by atoms with van der Waals surface area (Å²) in [5.74, 6) is -1.30. The standard InChI is InChI=1S/C17H19N3O5S3/c1-8-10(15(22)24-4)13(28-11(8)14(21)20(2)3)19-17(26)18-9-6-7-27-12(9)16(23)25-5/h6-7H,1-5H3,(H2,18,19,26). The number of amides is 1. The number of anilines is 2. The third-order valence-electron chi connectivity index (χ3n) is 3.65. The highest BCUT2D eigenvalue weighted by Gasteiger charge is 2.26. The van der Waals surface area contributed by atoms with Crippen molar-refractivity contribution < 1.29 is 23.9 Å². The van der Waals surface area contributed by atoms with Crippen LogP contribution in [-0.2, 0) is 9.47 Å². The monoisotopic (exact) mass is 441 g/mol. The number of esters is 2. The first-order valence-corrected chi connectivity index (χ1v) is 9.98. The maximum absolute atomic E-state index is 12.4. The first kappa shape index (κ1) is 21.8. The van der Waals surface area contributed by atoms with Crippen LogP contribution in [0, 0.1) is 6.92 Å². The average Bonchev–Trinajstić information content (AvgIpc) is 3.24. The number of hydrogen-bond acceptors (Lipinski definition) is 8. The van der Waals surface area contributed by atoms with E-state index in [9.17, 15) is 14.4 Å². The smallest absolute Gasteiger partial charge is 0.350 e. The zero-order valence-electron chi connectivity index (χ0n) is 15.9. The van der Waals surface area contributed by atoms with E-state index < -0.39 is 11.9 Å². The zero-order valence-corrected chi connectivity index (χ0v) is 18.3. The second-order valence-electron chi connectivity index (χ2n) is 5.69. The van der Waals surface area contributed by atoms with E-state index in [1.165, 1.54) is 30.5 Å². The average molecular weight is 442 g/mol. The van der Waals surface area contributed by atoms with Gasteiger partial charge in [0.15, 0.2) is 5.11 Å². The fourth-order valence-corrected chi connectivity index (χ4v) is 4.53. The lowest BCUT2D eigenvalue weighted by atomic mass is 10.1. The summed E-state index contributed by atoms with van der Waals surface area (Å²) in [5, 5.41) is 8.08. The molecule has 0 atom stereocenters. The van der Waals surface area contributed by atoms with Gasteiger partial charge in [0.2, 0.25) is 0 Å². The molecule has 0 saturated carbocycles. The molecule has 0 spiro atoms. The topological polar surface area (TPSA) is 97.0 Å². The second kappa shape index (κ2) is 9.13. The number of nitrogens with zero attached hydrogens (tertiary/aromatic N) is 1. The van der Waals surface area contributed by atoms with Crippen molar-refractivity contribution in [1.82, 2.24) is 4.90 Å². The molecular weight excluding hydrogens is 422 g/mol. The number of thiocarbonyl (C=S) groups is 1. The highest BCUT2D eigenvalue weighted by molar-refractivity contribution is 7.80. The van der Waals surface area contributed by atoms with Crippen molar-refractivity contribution in [3.05, 3.63) is 32.3 Å². The summed E-state index contributed by atoms with van der Waals surface area (Å²) in [6.45, 7) is 1.68. The quantitative estimate of drug-likeness (QED) is 0.539. The molecule has 2 heterocycles. The molecule has 1 amide bonds. The van der Waals surface area contributed by atoms with Crippen LogP contribution < -0.4 is 10.6 Å². The molecule has 0 unspecified atom stereocenters. The normalized spacial score (nSPS) is 10.2. The van der Waals surface area contributed by atoms with E-state index in [2.05, 4.69) is 10.6 Å². The summed E-state index contributed by atoms with van der Waals surface area (Å²) in [7, 11) is 5.82. The Morgan fingerprint density at radius 2 is 1.71 bits per heavy atom. The maximum atomic E-state index is 12.4. The van der Waals surface area contributed by atoms with Crippen molar-refractivity contribution in [3.63, 3.8) is 0 Å². The molecule has 8 nitrogen and oxygen atoms in total. The summed E-state index contributed by atoms with van der Waals surface area (Å²) >= 11 is 7.62. The summed E-state index contributed by atoms with van der Waals surface area (Å²) in [4.78, 5) is 38.6. The highest BCUT2D eigenvalue weighted by Crippen LogP contribution is 2.34. The number of hydrogen-bond donors (Lipinski definition) is 2. The van der Waals surface area contributed by atoms with Gasteiger partial charge < -0.3 is 25.0 Å². The fraction of sp³-hybridized carbons (Fsp3) is 0.294. The van der Waals surface area contributed by atoms with Crippen molar-refractivity contribution in [1.29, 1.82) is 0 Å². The number of nitrogens with one attached hydrogen (secondary N) is 2. The molecule has 0 fully saturated rings. The van der Waals surface area contributed by atoms with E-state index in [-0.39, 0.29) is 16.6 Å². The van der Waals surface area contributed by atoms with Gasteiger partial charge in [-0.25, -0.2) is 9.59 Å². The summed E-state index contributed by atoms with van der Waals surface area (Å²) in [6.07, 6.45) is 0. The molecule has 0 aliphatic carbocycles. The zero-order chi connectivity index (χ0) is 21.0. The molecule has 0 saturated heterocycles. The molecule has 0 aromatic carbocycles. The van der Waals surface area contributed by atoms with Gasteiger partial charge in [-0.05, 0) is 36.2 Å². The van der Waals surface area contributed by atoms with E-state index in [1.807, 2.05) is 0 Å². The van der Waals surface area contributed by atoms with Crippen LogP contribution in [0.5, 0.6) is 0 Å². The highest BCUT2D eigenvalue weighted by atomic mass is 32.1. The van der Waals surface area contributed by atoms with Crippen LogP contribution in [0.4, 0.5) is 10.7 Å². The van der Waals surface area contributed by atoms with E-state index >= 15 is 0 Å². The van der Waals surface area contributed by atoms with Gasteiger partial charge in [-0.2, -0.15) is 0 Å². The van der Waals surface area contributed by atoms with Crippen LogP contribution in [0.3, 0.4) is 0 Å². The van der Waals surface area contributed by atoms with Gasteiger partial charge in [0.25, 0.3) is 5.91 Å². The van der Waals surface area contributed by atoms with Gasteiger partial charge in [-0.1, -0.05) is 0 Å². The maximum Gasteiger partial charge on any atom is 0.350 e. The van der Waals surface area contributed by atoms with Crippen LogP contribution in [-0.4, -0.2) is 56.2 Å². The summed E-state index contributed by atoms with van der Waals surface area (Å²) in [5.41, 5.74) is 1.22. The van der Waals surface area contributed by atoms with Crippen LogP contribution in [0.2, 0.25) is 0 Å². The van der Waals surface area contributed by atoms with Gasteiger partial charge >= 0.3 is 11.9 Å².